The van der Waals surface area contributed by atoms with Crippen LogP contribution in [0.3, 0.4) is 0 Å². The second-order valence-electron chi connectivity index (χ2n) is 4.45. The number of halogens is 1. The second kappa shape index (κ2) is 5.59. The lowest BCUT2D eigenvalue weighted by atomic mass is 10.1. The fourth-order valence-electron chi connectivity index (χ4n) is 1.98. The van der Waals surface area contributed by atoms with Crippen LogP contribution in [0.1, 0.15) is 16.7 Å². The Kier molecular flexibility index (Phi) is 4.08. The Morgan fingerprint density at radius 2 is 1.79 bits per heavy atom. The molecule has 0 aliphatic carbocycles. The van der Waals surface area contributed by atoms with Crippen molar-refractivity contribution in [3.8, 4) is 0 Å². The number of rotatable bonds is 3. The minimum absolute atomic E-state index is 0.330. The van der Waals surface area contributed by atoms with Crippen molar-refractivity contribution in [3.05, 3.63) is 58.1 Å². The number of benzene rings is 2. The van der Waals surface area contributed by atoms with Gasteiger partial charge in [-0.1, -0.05) is 42.0 Å². The molecule has 98 valence electrons. The number of hydrogen-bond acceptors (Lipinski definition) is 2. The predicted molar refractivity (Wildman–Crippen MR) is 86.5 cm³/mol. The second-order valence-corrected chi connectivity index (χ2v) is 5.32. The third kappa shape index (κ3) is 3.06. The molecule has 0 spiro atoms. The molecule has 0 saturated carbocycles. The topological polar surface area (TPSA) is 38.0 Å². The van der Waals surface area contributed by atoms with Gasteiger partial charge in [0.15, 0.2) is 0 Å². The molecule has 0 saturated heterocycles. The number of aryl methyl sites for hydroxylation is 2. The van der Waals surface area contributed by atoms with Crippen molar-refractivity contribution in [2.45, 2.75) is 13.8 Å². The number of nitrogens with two attached hydrogens (primary N) is 1. The Balaban J connectivity index is 2.47. The molecule has 2 nitrogen and oxygen atoms in total. The number of nitrogens with one attached hydrogen (secondary N) is 1. The van der Waals surface area contributed by atoms with Gasteiger partial charge in [0.2, 0.25) is 0 Å². The van der Waals surface area contributed by atoms with Crippen LogP contribution >= 0.6 is 23.8 Å². The average Bonchev–Trinajstić information content (AvgIpc) is 2.35. The highest BCUT2D eigenvalue weighted by Crippen LogP contribution is 2.28. The number of thiocarbonyl (C=S) groups is 1. The van der Waals surface area contributed by atoms with Crippen LogP contribution in [0.15, 0.2) is 36.4 Å². The van der Waals surface area contributed by atoms with Crippen LogP contribution in [0.2, 0.25) is 5.02 Å². The molecule has 4 heteroatoms. The Morgan fingerprint density at radius 3 is 2.37 bits per heavy atom. The van der Waals surface area contributed by atoms with E-state index in [-0.39, 0.29) is 0 Å². The van der Waals surface area contributed by atoms with Crippen LogP contribution < -0.4 is 11.1 Å². The summed E-state index contributed by atoms with van der Waals surface area (Å²) >= 11 is 11.1. The van der Waals surface area contributed by atoms with E-state index < -0.39 is 0 Å². The highest BCUT2D eigenvalue weighted by Gasteiger charge is 2.09. The Labute approximate surface area is 123 Å². The van der Waals surface area contributed by atoms with E-state index in [0.717, 1.165) is 16.9 Å². The van der Waals surface area contributed by atoms with Crippen molar-refractivity contribution >= 4 is 40.2 Å². The van der Waals surface area contributed by atoms with E-state index in [0.29, 0.717) is 10.0 Å². The molecule has 2 aromatic rings. The number of anilines is 2. The van der Waals surface area contributed by atoms with Gasteiger partial charge < -0.3 is 11.1 Å². The summed E-state index contributed by atoms with van der Waals surface area (Å²) in [5.41, 5.74) is 10.8. The molecule has 2 aromatic carbocycles. The van der Waals surface area contributed by atoms with Crippen molar-refractivity contribution in [3.63, 3.8) is 0 Å². The average molecular weight is 291 g/mol. The van der Waals surface area contributed by atoms with E-state index in [9.17, 15) is 0 Å². The zero-order valence-corrected chi connectivity index (χ0v) is 12.4. The lowest BCUT2D eigenvalue weighted by Crippen LogP contribution is -2.12. The van der Waals surface area contributed by atoms with Crippen LogP contribution in [0.25, 0.3) is 0 Å². The third-order valence-electron chi connectivity index (χ3n) is 2.99. The summed E-state index contributed by atoms with van der Waals surface area (Å²) in [4.78, 5) is 0.330. The molecule has 0 radical (unpaired) electrons. The summed E-state index contributed by atoms with van der Waals surface area (Å²) in [6.07, 6.45) is 0. The van der Waals surface area contributed by atoms with Crippen molar-refractivity contribution in [2.24, 2.45) is 5.73 Å². The van der Waals surface area contributed by atoms with Gasteiger partial charge in [0.25, 0.3) is 0 Å². The van der Waals surface area contributed by atoms with Gasteiger partial charge in [-0.25, -0.2) is 0 Å². The van der Waals surface area contributed by atoms with Crippen LogP contribution in [0, 0.1) is 13.8 Å². The molecule has 0 amide bonds. The summed E-state index contributed by atoms with van der Waals surface area (Å²) < 4.78 is 0. The fourth-order valence-corrected chi connectivity index (χ4v) is 2.32. The Bertz CT molecular complexity index is 618. The Morgan fingerprint density at radius 1 is 1.16 bits per heavy atom. The molecule has 0 aromatic heterocycles. The molecule has 0 aliphatic rings. The summed E-state index contributed by atoms with van der Waals surface area (Å²) in [5, 5.41) is 4.01. The molecule has 19 heavy (non-hydrogen) atoms. The molecule has 0 fully saturated rings. The number of para-hydroxylation sites is 1. The monoisotopic (exact) mass is 290 g/mol. The largest absolute Gasteiger partial charge is 0.389 e. The molecule has 2 rings (SSSR count). The van der Waals surface area contributed by atoms with E-state index in [4.69, 9.17) is 29.6 Å². The standard InChI is InChI=1S/C15H15ClN2S/c1-9-4-3-5-10(2)14(9)18-13-7-6-11(16)8-12(13)15(17)19/h3-8,18H,1-2H3,(H2,17,19). The van der Waals surface area contributed by atoms with Crippen molar-refractivity contribution < 1.29 is 0 Å². The van der Waals surface area contributed by atoms with Crippen LogP contribution in [-0.4, -0.2) is 4.99 Å². The van der Waals surface area contributed by atoms with Gasteiger partial charge in [-0.05, 0) is 43.2 Å². The van der Waals surface area contributed by atoms with E-state index in [1.165, 1.54) is 11.1 Å². The van der Waals surface area contributed by atoms with Gasteiger partial charge in [0.1, 0.15) is 4.99 Å². The summed E-state index contributed by atoms with van der Waals surface area (Å²) in [6.45, 7) is 4.12. The van der Waals surface area contributed by atoms with Gasteiger partial charge in [-0.3, -0.25) is 0 Å². The first-order valence-electron chi connectivity index (χ1n) is 5.91. The normalized spacial score (nSPS) is 10.3. The lowest BCUT2D eigenvalue weighted by molar-refractivity contribution is 1.36. The van der Waals surface area contributed by atoms with Gasteiger partial charge >= 0.3 is 0 Å². The molecule has 0 unspecified atom stereocenters. The molecular weight excluding hydrogens is 276 g/mol. The maximum absolute atomic E-state index is 5.98. The first-order chi connectivity index (χ1) is 8.99. The van der Waals surface area contributed by atoms with Gasteiger partial charge in [-0.15, -0.1) is 0 Å². The highest BCUT2D eigenvalue weighted by atomic mass is 35.5. The summed E-state index contributed by atoms with van der Waals surface area (Å²) in [5.74, 6) is 0. The lowest BCUT2D eigenvalue weighted by Gasteiger charge is -2.15. The van der Waals surface area contributed by atoms with E-state index in [2.05, 4.69) is 31.3 Å². The Hall–Kier alpha value is -1.58. The zero-order chi connectivity index (χ0) is 14.0. The molecule has 3 N–H and O–H groups in total. The van der Waals surface area contributed by atoms with E-state index in [1.54, 1.807) is 6.07 Å². The molecule has 0 bridgehead atoms. The van der Waals surface area contributed by atoms with E-state index in [1.807, 2.05) is 18.2 Å². The summed E-state index contributed by atoms with van der Waals surface area (Å²) in [7, 11) is 0. The first kappa shape index (κ1) is 13.8. The van der Waals surface area contributed by atoms with Crippen molar-refractivity contribution in [1.29, 1.82) is 0 Å². The maximum Gasteiger partial charge on any atom is 0.106 e. The predicted octanol–water partition coefficient (Wildman–Crippen LogP) is 4.33. The quantitative estimate of drug-likeness (QED) is 0.826. The van der Waals surface area contributed by atoms with Crippen molar-refractivity contribution in [1.82, 2.24) is 0 Å². The van der Waals surface area contributed by atoms with Gasteiger partial charge in [-0.2, -0.15) is 0 Å². The molecule has 0 atom stereocenters. The zero-order valence-electron chi connectivity index (χ0n) is 10.8. The number of hydrogen-bond donors (Lipinski definition) is 2. The smallest absolute Gasteiger partial charge is 0.106 e. The first-order valence-corrected chi connectivity index (χ1v) is 6.70. The molecule has 0 aliphatic heterocycles. The van der Waals surface area contributed by atoms with Crippen LogP contribution in [-0.2, 0) is 0 Å². The van der Waals surface area contributed by atoms with Gasteiger partial charge in [0.05, 0.1) is 0 Å². The molecular formula is C15H15ClN2S. The SMILES string of the molecule is Cc1cccc(C)c1Nc1ccc(Cl)cc1C(N)=S. The van der Waals surface area contributed by atoms with Crippen molar-refractivity contribution in [2.75, 3.05) is 5.32 Å². The van der Waals surface area contributed by atoms with Crippen LogP contribution in [0.4, 0.5) is 11.4 Å². The van der Waals surface area contributed by atoms with Gasteiger partial charge in [0, 0.05) is 22.0 Å². The van der Waals surface area contributed by atoms with Crippen LogP contribution in [0.5, 0.6) is 0 Å². The minimum Gasteiger partial charge on any atom is -0.389 e. The molecule has 0 heterocycles. The fraction of sp³-hybridized carbons (Fsp3) is 0.133. The van der Waals surface area contributed by atoms with E-state index >= 15 is 0 Å². The third-order valence-corrected chi connectivity index (χ3v) is 3.44. The minimum atomic E-state index is 0.330. The maximum atomic E-state index is 5.98. The summed E-state index contributed by atoms with van der Waals surface area (Å²) in [6, 6.07) is 11.6. The highest BCUT2D eigenvalue weighted by molar-refractivity contribution is 7.80.